The van der Waals surface area contributed by atoms with Crippen LogP contribution < -0.4 is 21.3 Å². The van der Waals surface area contributed by atoms with E-state index in [2.05, 4.69) is 186 Å². The van der Waals surface area contributed by atoms with Crippen molar-refractivity contribution in [2.45, 2.75) is 26.2 Å². The lowest BCUT2D eigenvalue weighted by atomic mass is 9.33. The van der Waals surface area contributed by atoms with E-state index in [0.717, 1.165) is 132 Å². The molecular weight excluding hydrogens is 1050 g/mol. The van der Waals surface area contributed by atoms with Gasteiger partial charge in [0.05, 0.1) is 56.6 Å². The lowest BCUT2D eigenvalue weighted by molar-refractivity contribution is 0.591. The zero-order valence-corrected chi connectivity index (χ0v) is 47.4. The molecule has 17 aromatic rings. The van der Waals surface area contributed by atoms with E-state index in [1.807, 2.05) is 48.5 Å². The van der Waals surface area contributed by atoms with Gasteiger partial charge in [-0.3, -0.25) is 0 Å². The number of para-hydroxylation sites is 4. The summed E-state index contributed by atoms with van der Waals surface area (Å²) in [5.41, 5.74) is 14.3. The molecule has 0 aliphatic carbocycles. The molecule has 0 radical (unpaired) electrons. The van der Waals surface area contributed by atoms with Crippen molar-refractivity contribution in [1.29, 1.82) is 0 Å². The van der Waals surface area contributed by atoms with E-state index in [9.17, 15) is 8.22 Å². The first-order valence-corrected chi connectivity index (χ1v) is 29.5. The van der Waals surface area contributed by atoms with Crippen molar-refractivity contribution in [1.82, 2.24) is 13.5 Å². The van der Waals surface area contributed by atoms with Gasteiger partial charge in [-0.05, 0) is 138 Å². The van der Waals surface area contributed by atoms with Crippen LogP contribution in [-0.2, 0) is 5.41 Å². The summed E-state index contributed by atoms with van der Waals surface area (Å²) >= 11 is 0. The lowest BCUT2D eigenvalue weighted by Gasteiger charge is -2.41. The number of hydrogen-bond acceptors (Lipinski definition) is 1. The molecule has 13 aromatic carbocycles. The number of rotatable bonds is 4. The second kappa shape index (κ2) is 17.8. The SMILES string of the molecule is [2H]c1c([2H])c([2H])c(-c2ccc3c(c2)c2cc(C(C)(C)C)cc4c2n3-c2cc3c(c5c2B4c2ccc(-n4c6c([2H])c([2H])c([2H])c([2H])c6c6c([2H])c([2H])c([2H])c([2H])c64)cc2N5c2ccc(-c4ccccc4)cc2)c2cccc4c5ccccc5c5ccccc5c5ccccc5n3c42)c([2H])c1[2H]. The molecule has 0 bridgehead atoms. The minimum atomic E-state index is -0.548. The van der Waals surface area contributed by atoms with Crippen LogP contribution in [0.25, 0.3) is 137 Å². The molecule has 19 rings (SSSR count). The average Bonchev–Trinajstić information content (AvgIpc) is 1.41. The standard InChI is InChI=1S/C82H55BN4/c1-82(2,3)54-46-67-66-45-53(51-23-8-5-9-24-51)39-44-73(66)87-76-49-75-77(65-33-20-32-64-60-28-13-11-26-58(60)57-25-10-12-27-59(57)61-29-14-19-36-72(61)86(75)79(64)65)81-78(76)83(69(47-54)80(67)87)68-43-42-56(84-70-34-17-15-30-62(70)63-31-16-18-35-71(63)84)48-74(68)85(81)55-40-37-52(38-41-55)50-21-6-4-7-22-50/h4-49H,1-3H3/i5D,8D,9D,15D,16D,17D,18D,23D,24D,30D,31D,34D,35D. The van der Waals surface area contributed by atoms with Crippen LogP contribution in [0.5, 0.6) is 0 Å². The molecule has 0 unspecified atom stereocenters. The van der Waals surface area contributed by atoms with Crippen molar-refractivity contribution in [3.8, 4) is 33.6 Å². The molecular formula is C82H55BN4. The number of fused-ring (bicyclic) bond motifs is 21. The van der Waals surface area contributed by atoms with Gasteiger partial charge in [0.1, 0.15) is 0 Å². The maximum atomic E-state index is 9.71. The predicted octanol–water partition coefficient (Wildman–Crippen LogP) is 19.7. The van der Waals surface area contributed by atoms with Gasteiger partial charge in [-0.15, -0.1) is 0 Å². The zero-order valence-electron chi connectivity index (χ0n) is 60.4. The first-order valence-electron chi connectivity index (χ1n) is 36.0. The largest absolute Gasteiger partial charge is 0.311 e. The van der Waals surface area contributed by atoms with E-state index in [4.69, 9.17) is 9.60 Å². The number of nitrogens with zero attached hydrogens (tertiary/aromatic N) is 4. The Morgan fingerprint density at radius 2 is 0.943 bits per heavy atom. The summed E-state index contributed by atoms with van der Waals surface area (Å²) in [6.45, 7) is 6.03. The summed E-state index contributed by atoms with van der Waals surface area (Å²) in [5, 5.41) is 9.91. The van der Waals surface area contributed by atoms with Crippen molar-refractivity contribution < 1.29 is 17.8 Å². The van der Waals surface area contributed by atoms with Gasteiger partial charge < -0.3 is 18.4 Å². The Morgan fingerprint density at radius 3 is 1.67 bits per heavy atom. The van der Waals surface area contributed by atoms with Gasteiger partial charge in [0.25, 0.3) is 6.71 Å². The van der Waals surface area contributed by atoms with Crippen molar-refractivity contribution >= 4 is 143 Å². The van der Waals surface area contributed by atoms with Crippen LogP contribution >= 0.6 is 0 Å². The van der Waals surface area contributed by atoms with Gasteiger partial charge in [0, 0.05) is 71.4 Å². The molecule has 0 saturated carbocycles. The van der Waals surface area contributed by atoms with E-state index in [0.29, 0.717) is 16.9 Å². The summed E-state index contributed by atoms with van der Waals surface area (Å²) < 4.78 is 126. The Kier molecular flexibility index (Phi) is 7.68. The van der Waals surface area contributed by atoms with Crippen molar-refractivity contribution in [3.05, 3.63) is 284 Å². The topological polar surface area (TPSA) is 17.5 Å². The monoisotopic (exact) mass is 1120 g/mol. The molecule has 4 nitrogen and oxygen atoms in total. The van der Waals surface area contributed by atoms with Gasteiger partial charge in [-0.1, -0.05) is 233 Å². The Labute approximate surface area is 521 Å². The molecule has 0 N–H and O–H groups in total. The maximum Gasteiger partial charge on any atom is 0.252 e. The van der Waals surface area contributed by atoms with Gasteiger partial charge >= 0.3 is 0 Å². The Bertz CT molecular complexity index is 6580. The highest BCUT2D eigenvalue weighted by Crippen LogP contribution is 2.51. The first-order chi connectivity index (χ1) is 48.2. The molecule has 0 atom stereocenters. The summed E-state index contributed by atoms with van der Waals surface area (Å²) in [7, 11) is 0. The van der Waals surface area contributed by atoms with E-state index in [-0.39, 0.29) is 39.5 Å². The molecule has 0 spiro atoms. The fourth-order valence-corrected chi connectivity index (χ4v) is 14.9. The molecule has 87 heavy (non-hydrogen) atoms. The first kappa shape index (κ1) is 37.4. The maximum absolute atomic E-state index is 9.71. The van der Waals surface area contributed by atoms with Crippen LogP contribution in [0, 0.1) is 0 Å². The summed E-state index contributed by atoms with van der Waals surface area (Å²) in [6.07, 6.45) is 0. The second-order valence-corrected chi connectivity index (χ2v) is 24.2. The van der Waals surface area contributed by atoms with Gasteiger partial charge in [0.2, 0.25) is 0 Å². The van der Waals surface area contributed by atoms with Crippen LogP contribution in [0.3, 0.4) is 0 Å². The average molecular weight is 1120 g/mol. The molecule has 4 aromatic heterocycles. The number of hydrogen-bond donors (Lipinski definition) is 0. The molecule has 6 heterocycles. The Morgan fingerprint density at radius 1 is 0.345 bits per heavy atom. The fourth-order valence-electron chi connectivity index (χ4n) is 14.9. The third-order valence-electron chi connectivity index (χ3n) is 18.6. The zero-order chi connectivity index (χ0) is 68.7. The molecule has 0 saturated heterocycles. The highest BCUT2D eigenvalue weighted by Gasteiger charge is 2.45. The minimum Gasteiger partial charge on any atom is -0.311 e. The normalized spacial score (nSPS) is 15.0. The third-order valence-corrected chi connectivity index (χ3v) is 18.6. The van der Waals surface area contributed by atoms with Crippen LogP contribution in [0.2, 0.25) is 0 Å². The molecule has 0 fully saturated rings. The van der Waals surface area contributed by atoms with Crippen LogP contribution in [-0.4, -0.2) is 20.2 Å². The highest BCUT2D eigenvalue weighted by molar-refractivity contribution is 7.00. The van der Waals surface area contributed by atoms with Crippen molar-refractivity contribution in [3.63, 3.8) is 0 Å². The molecule has 2 aliphatic rings. The van der Waals surface area contributed by atoms with Crippen molar-refractivity contribution in [2.24, 2.45) is 0 Å². The molecule has 406 valence electrons. The lowest BCUT2D eigenvalue weighted by Crippen LogP contribution is -2.60. The summed E-state index contributed by atoms with van der Waals surface area (Å²) in [5.74, 6) is 0. The Balaban J connectivity index is 1.05. The van der Waals surface area contributed by atoms with Gasteiger partial charge in [0.15, 0.2) is 0 Å². The second-order valence-electron chi connectivity index (χ2n) is 24.2. The van der Waals surface area contributed by atoms with Crippen LogP contribution in [0.15, 0.2) is 279 Å². The van der Waals surface area contributed by atoms with Crippen LogP contribution in [0.4, 0.5) is 17.1 Å². The van der Waals surface area contributed by atoms with E-state index >= 15 is 0 Å². The summed E-state index contributed by atoms with van der Waals surface area (Å²) in [6, 6.07) is 64.4. The summed E-state index contributed by atoms with van der Waals surface area (Å²) in [4.78, 5) is 2.33. The molecule has 2 aliphatic heterocycles. The predicted molar refractivity (Wildman–Crippen MR) is 371 cm³/mol. The van der Waals surface area contributed by atoms with Crippen LogP contribution in [0.1, 0.15) is 44.2 Å². The quantitative estimate of drug-likeness (QED) is 0.161. The number of benzene rings is 13. The number of aromatic nitrogens is 3. The smallest absolute Gasteiger partial charge is 0.252 e. The third kappa shape index (κ3) is 6.74. The number of anilines is 3. The molecule has 0 amide bonds. The van der Waals surface area contributed by atoms with E-state index in [1.165, 1.54) is 0 Å². The van der Waals surface area contributed by atoms with Gasteiger partial charge in [-0.25, -0.2) is 0 Å². The van der Waals surface area contributed by atoms with Gasteiger partial charge in [-0.2, -0.15) is 0 Å². The highest BCUT2D eigenvalue weighted by atomic mass is 15.2. The van der Waals surface area contributed by atoms with Crippen molar-refractivity contribution in [2.75, 3.05) is 4.90 Å². The minimum absolute atomic E-state index is 0.00918. The molecule has 5 heteroatoms. The fraction of sp³-hybridized carbons (Fsp3) is 0.0488. The van der Waals surface area contributed by atoms with E-state index in [1.54, 1.807) is 4.57 Å². The van der Waals surface area contributed by atoms with E-state index < -0.39 is 78.6 Å². The Hall–Kier alpha value is -10.9.